The number of carbonyl (C=O) groups is 2. The van der Waals surface area contributed by atoms with E-state index >= 15 is 0 Å². The van der Waals surface area contributed by atoms with Gasteiger partial charge in [-0.1, -0.05) is 97.8 Å². The summed E-state index contributed by atoms with van der Waals surface area (Å²) in [5.74, 6) is -0.856. The van der Waals surface area contributed by atoms with Crippen molar-refractivity contribution in [2.45, 2.75) is 130 Å². The summed E-state index contributed by atoms with van der Waals surface area (Å²) in [6.07, 6.45) is 20.0. The Bertz CT molecular complexity index is 369. The molecule has 0 saturated heterocycles. The second kappa shape index (κ2) is 25.9. The van der Waals surface area contributed by atoms with Gasteiger partial charge >= 0.3 is 5.97 Å². The molecule has 5 nitrogen and oxygen atoms in total. The van der Waals surface area contributed by atoms with Crippen LogP contribution < -0.4 is 5.73 Å². The van der Waals surface area contributed by atoms with E-state index in [1.807, 2.05) is 0 Å². The van der Waals surface area contributed by atoms with Crippen LogP contribution in [0.25, 0.3) is 0 Å². The molecular formula is C25H52N2O3. The fraction of sp³-hybridized carbons (Fsp3) is 0.920. The summed E-state index contributed by atoms with van der Waals surface area (Å²) in [6, 6.07) is 0. The van der Waals surface area contributed by atoms with Gasteiger partial charge in [0.15, 0.2) is 0 Å². The van der Waals surface area contributed by atoms with Crippen molar-refractivity contribution in [3.8, 4) is 0 Å². The smallest absolute Gasteiger partial charge is 0.303 e. The van der Waals surface area contributed by atoms with Gasteiger partial charge in [-0.2, -0.15) is 0 Å². The molecule has 3 N–H and O–H groups in total. The Morgan fingerprint density at radius 1 is 0.600 bits per heavy atom. The van der Waals surface area contributed by atoms with E-state index in [-0.39, 0.29) is 5.91 Å². The maximum absolute atomic E-state index is 10.5. The van der Waals surface area contributed by atoms with Crippen LogP contribution in [0, 0.1) is 0 Å². The highest BCUT2D eigenvalue weighted by atomic mass is 16.4. The van der Waals surface area contributed by atoms with Gasteiger partial charge in [0.25, 0.3) is 0 Å². The van der Waals surface area contributed by atoms with Crippen LogP contribution in [0.4, 0.5) is 0 Å². The summed E-state index contributed by atoms with van der Waals surface area (Å²) < 4.78 is 0. The van der Waals surface area contributed by atoms with Crippen molar-refractivity contribution in [3.05, 3.63) is 0 Å². The molecule has 0 heterocycles. The molecule has 0 aromatic heterocycles. The molecule has 0 aliphatic heterocycles. The van der Waals surface area contributed by atoms with Crippen LogP contribution in [0.5, 0.6) is 0 Å². The van der Waals surface area contributed by atoms with Gasteiger partial charge in [-0.15, -0.1) is 0 Å². The molecule has 1 amide bonds. The van der Waals surface area contributed by atoms with Crippen molar-refractivity contribution >= 4 is 11.9 Å². The summed E-state index contributed by atoms with van der Waals surface area (Å²) in [4.78, 5) is 23.1. The highest BCUT2D eigenvalue weighted by molar-refractivity contribution is 5.73. The van der Waals surface area contributed by atoms with Crippen LogP contribution in [0.2, 0.25) is 0 Å². The summed E-state index contributed by atoms with van der Waals surface area (Å²) in [5, 5.41) is 8.49. The first-order chi connectivity index (χ1) is 14.5. The SMILES string of the molecule is CCCCCCCCCCCCCCCC(=O)O.CCCN(CCC)CCC(N)=O. The average Bonchev–Trinajstić information content (AvgIpc) is 2.70. The molecule has 180 valence electrons. The number of hydrogen-bond donors (Lipinski definition) is 2. The quantitative estimate of drug-likeness (QED) is 0.203. The molecular weight excluding hydrogens is 376 g/mol. The van der Waals surface area contributed by atoms with Crippen molar-refractivity contribution < 1.29 is 14.7 Å². The molecule has 0 unspecified atom stereocenters. The number of nitrogens with two attached hydrogens (primary N) is 1. The van der Waals surface area contributed by atoms with Crippen molar-refractivity contribution in [2.75, 3.05) is 19.6 Å². The van der Waals surface area contributed by atoms with Gasteiger partial charge in [-0.05, 0) is 32.4 Å². The minimum absolute atomic E-state index is 0.202. The lowest BCUT2D eigenvalue weighted by atomic mass is 10.0. The summed E-state index contributed by atoms with van der Waals surface area (Å²) in [7, 11) is 0. The van der Waals surface area contributed by atoms with Crippen molar-refractivity contribution in [3.63, 3.8) is 0 Å². The number of aliphatic carboxylic acids is 1. The van der Waals surface area contributed by atoms with Gasteiger partial charge in [-0.3, -0.25) is 9.59 Å². The molecule has 30 heavy (non-hydrogen) atoms. The van der Waals surface area contributed by atoms with Gasteiger partial charge in [-0.25, -0.2) is 0 Å². The first-order valence-corrected chi connectivity index (χ1v) is 12.7. The first-order valence-electron chi connectivity index (χ1n) is 12.7. The van der Waals surface area contributed by atoms with Gasteiger partial charge in [0.2, 0.25) is 5.91 Å². The van der Waals surface area contributed by atoms with E-state index < -0.39 is 5.97 Å². The number of hydrogen-bond acceptors (Lipinski definition) is 3. The average molecular weight is 429 g/mol. The topological polar surface area (TPSA) is 83.6 Å². The van der Waals surface area contributed by atoms with Crippen molar-refractivity contribution in [2.24, 2.45) is 5.73 Å². The lowest BCUT2D eigenvalue weighted by Gasteiger charge is -2.19. The Hall–Kier alpha value is -1.10. The van der Waals surface area contributed by atoms with Crippen molar-refractivity contribution in [1.82, 2.24) is 4.90 Å². The number of unbranched alkanes of at least 4 members (excludes halogenated alkanes) is 12. The maximum Gasteiger partial charge on any atom is 0.303 e. The summed E-state index contributed by atoms with van der Waals surface area (Å²) in [5.41, 5.74) is 5.07. The predicted octanol–water partition coefficient (Wildman–Crippen LogP) is 6.54. The normalized spacial score (nSPS) is 10.7. The number of carbonyl (C=O) groups excluding carboxylic acids is 1. The molecule has 0 saturated carbocycles. The zero-order chi connectivity index (χ0) is 22.9. The Balaban J connectivity index is 0. The van der Waals surface area contributed by atoms with E-state index in [1.165, 1.54) is 70.6 Å². The van der Waals surface area contributed by atoms with Gasteiger partial charge < -0.3 is 15.7 Å². The Morgan fingerprint density at radius 2 is 1.00 bits per heavy atom. The van der Waals surface area contributed by atoms with Crippen LogP contribution >= 0.6 is 0 Å². The molecule has 0 aromatic rings. The van der Waals surface area contributed by atoms with E-state index in [9.17, 15) is 9.59 Å². The standard InChI is InChI=1S/C16H32O2.C9H20N2O/c1-2-3-4-5-6-7-8-9-10-11-12-13-14-15-16(17)18;1-3-6-11(7-4-2)8-5-9(10)12/h2-15H2,1H3,(H,17,18);3-8H2,1-2H3,(H2,10,12). The Labute approximate surface area is 187 Å². The number of primary amides is 1. The maximum atomic E-state index is 10.5. The second-order valence-corrected chi connectivity index (χ2v) is 8.44. The fourth-order valence-corrected chi connectivity index (χ4v) is 3.53. The highest BCUT2D eigenvalue weighted by Crippen LogP contribution is 2.12. The van der Waals surface area contributed by atoms with Crippen molar-refractivity contribution in [1.29, 1.82) is 0 Å². The number of rotatable bonds is 21. The zero-order valence-electron chi connectivity index (χ0n) is 20.4. The van der Waals surface area contributed by atoms with Crippen LogP contribution in [-0.2, 0) is 9.59 Å². The van der Waals surface area contributed by atoms with Gasteiger partial charge in [0, 0.05) is 19.4 Å². The molecule has 0 aliphatic carbocycles. The van der Waals surface area contributed by atoms with Gasteiger partial charge in [0.05, 0.1) is 0 Å². The van der Waals surface area contributed by atoms with E-state index in [4.69, 9.17) is 10.8 Å². The summed E-state index contributed by atoms with van der Waals surface area (Å²) >= 11 is 0. The lowest BCUT2D eigenvalue weighted by molar-refractivity contribution is -0.137. The molecule has 0 rings (SSSR count). The van der Waals surface area contributed by atoms with Crippen LogP contribution in [-0.4, -0.2) is 41.5 Å². The molecule has 0 spiro atoms. The van der Waals surface area contributed by atoms with E-state index in [2.05, 4.69) is 25.7 Å². The molecule has 5 heteroatoms. The predicted molar refractivity (Wildman–Crippen MR) is 129 cm³/mol. The Kier molecular flexibility index (Phi) is 26.9. The number of amides is 1. The fourth-order valence-electron chi connectivity index (χ4n) is 3.53. The van der Waals surface area contributed by atoms with Gasteiger partial charge in [0.1, 0.15) is 0 Å². The van der Waals surface area contributed by atoms with E-state index in [1.54, 1.807) is 0 Å². The third kappa shape index (κ3) is 29.1. The molecule has 0 aliphatic rings. The molecule has 0 bridgehead atoms. The molecule has 0 atom stereocenters. The third-order valence-corrected chi connectivity index (χ3v) is 5.25. The largest absolute Gasteiger partial charge is 0.481 e. The zero-order valence-corrected chi connectivity index (χ0v) is 20.4. The number of carboxylic acids is 1. The molecule has 0 aromatic carbocycles. The Morgan fingerprint density at radius 3 is 1.33 bits per heavy atom. The monoisotopic (exact) mass is 428 g/mol. The van der Waals surface area contributed by atoms with E-state index in [0.29, 0.717) is 12.8 Å². The first kappa shape index (κ1) is 31.1. The second-order valence-electron chi connectivity index (χ2n) is 8.44. The van der Waals surface area contributed by atoms with E-state index in [0.717, 1.165) is 45.3 Å². The van der Waals surface area contributed by atoms with Crippen LogP contribution in [0.3, 0.4) is 0 Å². The highest BCUT2D eigenvalue weighted by Gasteiger charge is 2.03. The number of carboxylic acid groups (broad SMARTS) is 1. The minimum atomic E-state index is -0.655. The molecule has 0 radical (unpaired) electrons. The molecule has 0 fully saturated rings. The lowest BCUT2D eigenvalue weighted by Crippen LogP contribution is -2.29. The minimum Gasteiger partial charge on any atom is -0.481 e. The third-order valence-electron chi connectivity index (χ3n) is 5.25. The van der Waals surface area contributed by atoms with Crippen LogP contribution in [0.15, 0.2) is 0 Å². The number of nitrogens with zero attached hydrogens (tertiary/aromatic N) is 1. The summed E-state index contributed by atoms with van der Waals surface area (Å²) in [6.45, 7) is 9.51. The van der Waals surface area contributed by atoms with Crippen LogP contribution in [0.1, 0.15) is 130 Å².